The Hall–Kier alpha value is -1.64. The second kappa shape index (κ2) is 6.00. The minimum absolute atomic E-state index is 0.131. The van der Waals surface area contributed by atoms with Crippen molar-refractivity contribution in [3.63, 3.8) is 0 Å². The van der Waals surface area contributed by atoms with Crippen LogP contribution in [0.15, 0.2) is 0 Å². The molecule has 1 aromatic heterocycles. The summed E-state index contributed by atoms with van der Waals surface area (Å²) < 4.78 is 23.4. The minimum Gasteiger partial charge on any atom is -0.354 e. The molecule has 1 unspecified atom stereocenters. The Kier molecular flexibility index (Phi) is 4.50. The van der Waals surface area contributed by atoms with Gasteiger partial charge in [0.25, 0.3) is 0 Å². The van der Waals surface area contributed by atoms with Crippen LogP contribution in [0, 0.1) is 0 Å². The molecule has 0 aliphatic carbocycles. The predicted octanol–water partition coefficient (Wildman–Crippen LogP) is -0.00730. The Bertz CT molecular complexity index is 604. The molecule has 1 aromatic rings. The van der Waals surface area contributed by atoms with Crippen molar-refractivity contribution in [1.29, 1.82) is 0 Å². The normalized spacial score (nSPS) is 21.1. The Labute approximate surface area is 125 Å². The average Bonchev–Trinajstić information content (AvgIpc) is 2.37. The van der Waals surface area contributed by atoms with E-state index in [1.807, 2.05) is 32.8 Å². The lowest BCUT2D eigenvalue weighted by Gasteiger charge is -2.33. The van der Waals surface area contributed by atoms with Crippen molar-refractivity contribution in [2.45, 2.75) is 19.9 Å². The first-order valence-corrected chi connectivity index (χ1v) is 8.79. The van der Waals surface area contributed by atoms with Gasteiger partial charge in [-0.25, -0.2) is 8.42 Å². The summed E-state index contributed by atoms with van der Waals surface area (Å²) in [6.07, 6.45) is 0. The highest BCUT2D eigenvalue weighted by Crippen LogP contribution is 2.21. The van der Waals surface area contributed by atoms with Crippen molar-refractivity contribution in [3.8, 4) is 0 Å². The smallest absolute Gasteiger partial charge is 0.232 e. The second-order valence-corrected chi connectivity index (χ2v) is 7.57. The summed E-state index contributed by atoms with van der Waals surface area (Å²) in [5.41, 5.74) is 0. The zero-order valence-corrected chi connectivity index (χ0v) is 13.7. The monoisotopic (exact) mass is 314 g/mol. The second-order valence-electron chi connectivity index (χ2n) is 5.34. The van der Waals surface area contributed by atoms with Crippen molar-refractivity contribution in [1.82, 2.24) is 15.0 Å². The molecule has 1 N–H and O–H groups in total. The largest absolute Gasteiger partial charge is 0.354 e. The van der Waals surface area contributed by atoms with Gasteiger partial charge in [-0.2, -0.15) is 15.0 Å². The molecule has 1 aliphatic heterocycles. The molecule has 1 atom stereocenters. The Morgan fingerprint density at radius 2 is 2.05 bits per heavy atom. The molecule has 8 nitrogen and oxygen atoms in total. The summed E-state index contributed by atoms with van der Waals surface area (Å²) in [6.45, 7) is 4.96. The molecule has 9 heteroatoms. The predicted molar refractivity (Wildman–Crippen MR) is 83.8 cm³/mol. The first-order valence-electron chi connectivity index (χ1n) is 6.96. The fourth-order valence-electron chi connectivity index (χ4n) is 2.22. The summed E-state index contributed by atoms with van der Waals surface area (Å²) >= 11 is 0. The van der Waals surface area contributed by atoms with Crippen molar-refractivity contribution >= 4 is 27.7 Å². The zero-order valence-electron chi connectivity index (χ0n) is 12.9. The maximum atomic E-state index is 11.7. The van der Waals surface area contributed by atoms with E-state index in [0.717, 1.165) is 0 Å². The van der Waals surface area contributed by atoms with Gasteiger partial charge >= 0.3 is 0 Å². The molecule has 0 aromatic carbocycles. The third-order valence-electron chi connectivity index (χ3n) is 3.27. The molecule has 2 heterocycles. The molecule has 1 saturated heterocycles. The van der Waals surface area contributed by atoms with Crippen LogP contribution in [0.3, 0.4) is 0 Å². The van der Waals surface area contributed by atoms with Gasteiger partial charge in [0.15, 0.2) is 9.84 Å². The lowest BCUT2D eigenvalue weighted by atomic mass is 10.3. The van der Waals surface area contributed by atoms with E-state index >= 15 is 0 Å². The number of aromatic nitrogens is 3. The van der Waals surface area contributed by atoms with Crippen LogP contribution in [0.5, 0.6) is 0 Å². The quantitative estimate of drug-likeness (QED) is 0.830. The number of anilines is 3. The number of nitrogens with one attached hydrogen (secondary N) is 1. The molecule has 21 heavy (non-hydrogen) atoms. The maximum Gasteiger partial charge on any atom is 0.232 e. The van der Waals surface area contributed by atoms with E-state index in [0.29, 0.717) is 30.9 Å². The van der Waals surface area contributed by atoms with Gasteiger partial charge < -0.3 is 15.1 Å². The zero-order chi connectivity index (χ0) is 15.6. The molecule has 1 fully saturated rings. The van der Waals surface area contributed by atoms with Crippen LogP contribution in [0.25, 0.3) is 0 Å². The molecule has 0 radical (unpaired) electrons. The van der Waals surface area contributed by atoms with Gasteiger partial charge in [0.2, 0.25) is 17.8 Å². The number of rotatable bonds is 4. The molecule has 2 rings (SSSR count). The van der Waals surface area contributed by atoms with E-state index in [1.54, 1.807) is 4.90 Å². The Morgan fingerprint density at radius 3 is 2.62 bits per heavy atom. The molecule has 1 aliphatic rings. The van der Waals surface area contributed by atoms with Crippen molar-refractivity contribution < 1.29 is 8.42 Å². The molecule has 118 valence electrons. The first kappa shape index (κ1) is 15.7. The summed E-state index contributed by atoms with van der Waals surface area (Å²) in [5, 5.41) is 3.08. The number of hydrogen-bond acceptors (Lipinski definition) is 8. The van der Waals surface area contributed by atoms with E-state index in [2.05, 4.69) is 20.3 Å². The molecule has 0 spiro atoms. The minimum atomic E-state index is -2.96. The van der Waals surface area contributed by atoms with Gasteiger partial charge in [-0.05, 0) is 13.8 Å². The van der Waals surface area contributed by atoms with Crippen molar-refractivity contribution in [2.24, 2.45) is 0 Å². The van der Waals surface area contributed by atoms with Crippen molar-refractivity contribution in [2.75, 3.05) is 53.8 Å². The Morgan fingerprint density at radius 1 is 1.33 bits per heavy atom. The average molecular weight is 314 g/mol. The van der Waals surface area contributed by atoms with E-state index in [9.17, 15) is 8.42 Å². The van der Waals surface area contributed by atoms with Gasteiger partial charge in [0.05, 0.1) is 11.5 Å². The first-order chi connectivity index (χ1) is 9.82. The molecule has 0 saturated carbocycles. The van der Waals surface area contributed by atoms with E-state index in [1.165, 1.54) is 0 Å². The SMILES string of the molecule is CCNc1nc(N(C)C)nc(N2CCS(=O)(=O)CC2C)n1. The lowest BCUT2D eigenvalue weighted by Crippen LogP contribution is -2.47. The highest BCUT2D eigenvalue weighted by atomic mass is 32.2. The summed E-state index contributed by atoms with van der Waals surface area (Å²) in [6, 6.07) is -0.143. The maximum absolute atomic E-state index is 11.7. The summed E-state index contributed by atoms with van der Waals surface area (Å²) in [7, 11) is 0.762. The van der Waals surface area contributed by atoms with E-state index < -0.39 is 9.84 Å². The van der Waals surface area contributed by atoms with Crippen LogP contribution in [-0.4, -0.2) is 68.1 Å². The van der Waals surface area contributed by atoms with Crippen LogP contribution in [-0.2, 0) is 9.84 Å². The highest BCUT2D eigenvalue weighted by molar-refractivity contribution is 7.91. The van der Waals surface area contributed by atoms with Gasteiger partial charge in [-0.3, -0.25) is 0 Å². The summed E-state index contributed by atoms with van der Waals surface area (Å²) in [4.78, 5) is 16.9. The fourth-order valence-corrected chi connectivity index (χ4v) is 3.77. The van der Waals surface area contributed by atoms with Gasteiger partial charge in [-0.15, -0.1) is 0 Å². The molecule has 0 amide bonds. The highest BCUT2D eigenvalue weighted by Gasteiger charge is 2.30. The number of nitrogens with zero attached hydrogens (tertiary/aromatic N) is 5. The van der Waals surface area contributed by atoms with Crippen LogP contribution < -0.4 is 15.1 Å². The van der Waals surface area contributed by atoms with E-state index in [4.69, 9.17) is 0 Å². The Balaban J connectivity index is 2.34. The van der Waals surface area contributed by atoms with Gasteiger partial charge in [0.1, 0.15) is 0 Å². The number of sulfone groups is 1. The van der Waals surface area contributed by atoms with Gasteiger partial charge in [0, 0.05) is 33.2 Å². The lowest BCUT2D eigenvalue weighted by molar-refractivity contribution is 0.564. The van der Waals surface area contributed by atoms with Crippen LogP contribution in [0.2, 0.25) is 0 Å². The fraction of sp³-hybridized carbons (Fsp3) is 0.750. The van der Waals surface area contributed by atoms with Gasteiger partial charge in [-0.1, -0.05) is 0 Å². The number of hydrogen-bond donors (Lipinski definition) is 1. The standard InChI is InChI=1S/C12H22N6O2S/c1-5-13-10-14-11(17(3)4)16-12(15-10)18-6-7-21(19,20)8-9(18)2/h9H,5-8H2,1-4H3,(H,13,14,15,16). The summed E-state index contributed by atoms with van der Waals surface area (Å²) in [5.74, 6) is 1.85. The van der Waals surface area contributed by atoms with Crippen molar-refractivity contribution in [3.05, 3.63) is 0 Å². The third-order valence-corrected chi connectivity index (χ3v) is 5.07. The van der Waals surface area contributed by atoms with Crippen LogP contribution in [0.4, 0.5) is 17.8 Å². The molecule has 0 bridgehead atoms. The van der Waals surface area contributed by atoms with Crippen LogP contribution >= 0.6 is 0 Å². The third kappa shape index (κ3) is 3.72. The molecular weight excluding hydrogens is 292 g/mol. The van der Waals surface area contributed by atoms with E-state index in [-0.39, 0.29) is 17.5 Å². The van der Waals surface area contributed by atoms with Crippen LogP contribution in [0.1, 0.15) is 13.8 Å². The molecular formula is C12H22N6O2S. The topological polar surface area (TPSA) is 91.3 Å².